The smallest absolute Gasteiger partial charge is 0.334 e. The Kier molecular flexibility index (Phi) is 4.94. The van der Waals surface area contributed by atoms with E-state index in [9.17, 15) is 24.0 Å². The van der Waals surface area contributed by atoms with Crippen LogP contribution in [0.2, 0.25) is 0 Å². The Morgan fingerprint density at radius 3 is 2.23 bits per heavy atom. The van der Waals surface area contributed by atoms with Crippen molar-refractivity contribution in [2.75, 3.05) is 6.54 Å². The maximum atomic E-state index is 13.1. The number of nitrogens with one attached hydrogen (secondary N) is 2. The summed E-state index contributed by atoms with van der Waals surface area (Å²) in [5.74, 6) is -2.15. The van der Waals surface area contributed by atoms with Crippen molar-refractivity contribution in [3.05, 3.63) is 11.4 Å². The van der Waals surface area contributed by atoms with E-state index in [1.807, 2.05) is 6.92 Å². The Hall–Kier alpha value is -3.11. The highest BCUT2D eigenvalue weighted by molar-refractivity contribution is 6.29. The fraction of sp³-hybridized carbons (Fsp3) is 0.650. The van der Waals surface area contributed by atoms with E-state index in [4.69, 9.17) is 11.5 Å². The van der Waals surface area contributed by atoms with Crippen molar-refractivity contribution >= 4 is 29.8 Å². The lowest BCUT2D eigenvalue weighted by atomic mass is 9.51. The zero-order chi connectivity index (χ0) is 22.6. The van der Waals surface area contributed by atoms with Crippen molar-refractivity contribution in [1.29, 1.82) is 0 Å². The molecule has 11 heteroatoms. The van der Waals surface area contributed by atoms with Gasteiger partial charge in [0.2, 0.25) is 0 Å². The molecule has 2 saturated carbocycles. The molecule has 11 nitrogen and oxygen atoms in total. The summed E-state index contributed by atoms with van der Waals surface area (Å²) in [5.41, 5.74) is 9.97. The molecular weight excluding hydrogens is 404 g/mol. The van der Waals surface area contributed by atoms with Crippen LogP contribution in [0.5, 0.6) is 0 Å². The predicted octanol–water partition coefficient (Wildman–Crippen LogP) is 0.00730. The van der Waals surface area contributed by atoms with Crippen LogP contribution in [0.15, 0.2) is 11.4 Å². The first kappa shape index (κ1) is 21.1. The van der Waals surface area contributed by atoms with Crippen LogP contribution >= 0.6 is 0 Å². The normalized spacial score (nSPS) is 33.1. The van der Waals surface area contributed by atoms with Crippen LogP contribution in [0.3, 0.4) is 0 Å². The number of hydrogen-bond donors (Lipinski definition) is 4. The maximum absolute atomic E-state index is 13.1. The Bertz CT molecular complexity index is 892. The highest BCUT2D eigenvalue weighted by Gasteiger charge is 2.63. The van der Waals surface area contributed by atoms with Gasteiger partial charge in [-0.3, -0.25) is 29.5 Å². The fourth-order valence-electron chi connectivity index (χ4n) is 5.57. The average Bonchev–Trinajstić information content (AvgIpc) is 2.96. The molecule has 0 aromatic rings. The van der Waals surface area contributed by atoms with Crippen LogP contribution in [0.25, 0.3) is 0 Å². The summed E-state index contributed by atoms with van der Waals surface area (Å²) in [7, 11) is 0. The second kappa shape index (κ2) is 7.24. The summed E-state index contributed by atoms with van der Waals surface area (Å²) in [6, 6.07) is -1.46. The number of nitrogens with two attached hydrogens (primary N) is 2. The quantitative estimate of drug-likeness (QED) is 0.275. The van der Waals surface area contributed by atoms with E-state index in [2.05, 4.69) is 10.6 Å². The molecule has 6 N–H and O–H groups in total. The fourth-order valence-corrected chi connectivity index (χ4v) is 5.57. The number of amides is 7. The van der Waals surface area contributed by atoms with Gasteiger partial charge in [0.1, 0.15) is 16.9 Å². The van der Waals surface area contributed by atoms with Crippen LogP contribution in [-0.4, -0.2) is 57.7 Å². The maximum Gasteiger partial charge on any atom is 0.334 e. The van der Waals surface area contributed by atoms with Crippen molar-refractivity contribution in [1.82, 2.24) is 20.4 Å². The number of rotatable bonds is 4. The number of unbranched alkanes of at least 4 members (excludes halogenated alkanes) is 1. The standard InChI is InChI=1S/C20H28N6O5/c1-2-3-8-25-14(27)12(13(21)22)15(28)26(18(25)31)11-4-6-19(7-5-11)9-20(10-19)16(29)23-17(30)24-20/h11H,2-10,21-22H2,1H3,(H2,23,24,29,30). The molecule has 0 aromatic carbocycles. The number of nitrogens with zero attached hydrogens (tertiary/aromatic N) is 2. The predicted molar refractivity (Wildman–Crippen MR) is 108 cm³/mol. The van der Waals surface area contributed by atoms with Gasteiger partial charge in [0.05, 0.1) is 0 Å². The van der Waals surface area contributed by atoms with Crippen LogP contribution in [0.1, 0.15) is 58.3 Å². The molecule has 31 heavy (non-hydrogen) atoms. The molecular formula is C20H28N6O5. The van der Waals surface area contributed by atoms with E-state index in [0.29, 0.717) is 44.9 Å². The first-order chi connectivity index (χ1) is 14.6. The average molecular weight is 432 g/mol. The summed E-state index contributed by atoms with van der Waals surface area (Å²) in [6.45, 7) is 2.14. The van der Waals surface area contributed by atoms with Crippen LogP contribution in [-0.2, 0) is 14.4 Å². The lowest BCUT2D eigenvalue weighted by molar-refractivity contribution is -0.140. The number of carbonyl (C=O) groups is 5. The molecule has 2 aliphatic carbocycles. The molecule has 0 bridgehead atoms. The van der Waals surface area contributed by atoms with E-state index in [-0.39, 0.29) is 35.3 Å². The SMILES string of the molecule is CCCCN1C(=O)C(=C(N)N)C(=O)N(C2CCC3(CC2)CC2(C3)NC(=O)NC2=O)C1=O. The lowest BCUT2D eigenvalue weighted by Gasteiger charge is -2.56. The Morgan fingerprint density at radius 1 is 1.06 bits per heavy atom. The van der Waals surface area contributed by atoms with E-state index < -0.39 is 29.4 Å². The van der Waals surface area contributed by atoms with E-state index in [1.165, 1.54) is 0 Å². The molecule has 0 radical (unpaired) electrons. The third-order valence-electron chi connectivity index (χ3n) is 7.10. The van der Waals surface area contributed by atoms with Gasteiger partial charge in [-0.1, -0.05) is 13.3 Å². The molecule has 2 saturated heterocycles. The Morgan fingerprint density at radius 2 is 1.71 bits per heavy atom. The molecule has 4 aliphatic rings. The molecule has 4 fully saturated rings. The number of hydrogen-bond acceptors (Lipinski definition) is 7. The van der Waals surface area contributed by atoms with Gasteiger partial charge in [-0.25, -0.2) is 9.59 Å². The number of carbonyl (C=O) groups excluding carboxylic acids is 5. The molecule has 7 amide bonds. The van der Waals surface area contributed by atoms with E-state index >= 15 is 0 Å². The third kappa shape index (κ3) is 3.22. The monoisotopic (exact) mass is 432 g/mol. The highest BCUT2D eigenvalue weighted by atomic mass is 16.2. The van der Waals surface area contributed by atoms with E-state index in [1.54, 1.807) is 0 Å². The van der Waals surface area contributed by atoms with Gasteiger partial charge in [-0.2, -0.15) is 0 Å². The van der Waals surface area contributed by atoms with Gasteiger partial charge in [-0.05, 0) is 50.4 Å². The van der Waals surface area contributed by atoms with Gasteiger partial charge < -0.3 is 16.8 Å². The summed E-state index contributed by atoms with van der Waals surface area (Å²) < 4.78 is 0. The van der Waals surface area contributed by atoms with Gasteiger partial charge in [0, 0.05) is 12.6 Å². The topological polar surface area (TPSA) is 168 Å². The summed E-state index contributed by atoms with van der Waals surface area (Å²) in [5, 5.41) is 5.02. The summed E-state index contributed by atoms with van der Waals surface area (Å²) in [6.07, 6.45) is 5.01. The number of barbiturate groups is 1. The number of imide groups is 3. The van der Waals surface area contributed by atoms with Crippen molar-refractivity contribution in [3.8, 4) is 0 Å². The van der Waals surface area contributed by atoms with Gasteiger partial charge in [0.15, 0.2) is 0 Å². The van der Waals surface area contributed by atoms with Crippen LogP contribution in [0, 0.1) is 5.41 Å². The minimum atomic E-state index is -0.825. The molecule has 0 aromatic heterocycles. The third-order valence-corrected chi connectivity index (χ3v) is 7.10. The second-order valence-electron chi connectivity index (χ2n) is 9.17. The van der Waals surface area contributed by atoms with Crippen molar-refractivity contribution in [2.45, 2.75) is 69.9 Å². The highest BCUT2D eigenvalue weighted by Crippen LogP contribution is 2.58. The van der Waals surface area contributed by atoms with Crippen molar-refractivity contribution < 1.29 is 24.0 Å². The van der Waals surface area contributed by atoms with Gasteiger partial charge in [0.25, 0.3) is 17.7 Å². The van der Waals surface area contributed by atoms with Gasteiger partial charge >= 0.3 is 12.1 Å². The van der Waals surface area contributed by atoms with Crippen molar-refractivity contribution in [2.24, 2.45) is 16.9 Å². The molecule has 0 unspecified atom stereocenters. The first-order valence-electron chi connectivity index (χ1n) is 10.7. The molecule has 4 rings (SSSR count). The van der Waals surface area contributed by atoms with Crippen LogP contribution < -0.4 is 22.1 Å². The van der Waals surface area contributed by atoms with Crippen LogP contribution in [0.4, 0.5) is 9.59 Å². The largest absolute Gasteiger partial charge is 0.385 e. The zero-order valence-electron chi connectivity index (χ0n) is 17.5. The Labute approximate surface area is 179 Å². The second-order valence-corrected chi connectivity index (χ2v) is 9.17. The molecule has 2 spiro atoms. The molecule has 168 valence electrons. The van der Waals surface area contributed by atoms with Gasteiger partial charge in [-0.15, -0.1) is 0 Å². The van der Waals surface area contributed by atoms with Crippen molar-refractivity contribution in [3.63, 3.8) is 0 Å². The molecule has 0 atom stereocenters. The lowest BCUT2D eigenvalue weighted by Crippen LogP contribution is -2.65. The zero-order valence-corrected chi connectivity index (χ0v) is 17.5. The summed E-state index contributed by atoms with van der Waals surface area (Å²) >= 11 is 0. The first-order valence-corrected chi connectivity index (χ1v) is 10.7. The molecule has 2 aliphatic heterocycles. The molecule has 2 heterocycles. The number of urea groups is 2. The minimum absolute atomic E-state index is 0.101. The Balaban J connectivity index is 1.48. The summed E-state index contributed by atoms with van der Waals surface area (Å²) in [4.78, 5) is 64.5. The minimum Gasteiger partial charge on any atom is -0.385 e. The van der Waals surface area contributed by atoms with E-state index in [0.717, 1.165) is 16.2 Å².